The van der Waals surface area contributed by atoms with Crippen LogP contribution in [0.3, 0.4) is 0 Å². The van der Waals surface area contributed by atoms with Gasteiger partial charge in [-0.1, -0.05) is 0 Å². The van der Waals surface area contributed by atoms with E-state index in [1.54, 1.807) is 0 Å². The van der Waals surface area contributed by atoms with Crippen LogP contribution in [0.4, 0.5) is 0 Å². The monoisotopic (exact) mass is 273 g/mol. The molecule has 2 rings (SSSR count). The minimum atomic E-state index is 0.257. The molecule has 3 heteroatoms. The van der Waals surface area contributed by atoms with Gasteiger partial charge in [-0.2, -0.15) is 0 Å². The number of halogens is 2. The molecule has 1 saturated carbocycles. The third kappa shape index (κ3) is 2.12. The van der Waals surface area contributed by atoms with E-state index in [-0.39, 0.29) is 5.38 Å². The second-order valence-electron chi connectivity index (χ2n) is 4.12. The van der Waals surface area contributed by atoms with E-state index >= 15 is 0 Å². The van der Waals surface area contributed by atoms with Crippen LogP contribution in [0.25, 0.3) is 0 Å². The molecule has 1 aliphatic carbocycles. The zero-order chi connectivity index (χ0) is 10.2. The molecule has 1 heterocycles. The predicted octanol–water partition coefficient (Wildman–Crippen LogP) is 3.79. The Hall–Kier alpha value is -0.0800. The number of hydrogen-bond acceptors (Lipinski definition) is 1. The summed E-state index contributed by atoms with van der Waals surface area (Å²) in [4.78, 5) is 4.38. The Morgan fingerprint density at radius 3 is 2.71 bits per heavy atom. The first-order chi connectivity index (χ1) is 6.62. The first-order valence-corrected chi connectivity index (χ1v) is 6.10. The normalized spacial score (nSPS) is 20.5. The summed E-state index contributed by atoms with van der Waals surface area (Å²) in [6.45, 7) is 2.09. The van der Waals surface area contributed by atoms with E-state index < -0.39 is 0 Å². The van der Waals surface area contributed by atoms with Crippen molar-refractivity contribution in [2.24, 2.45) is 5.41 Å². The van der Waals surface area contributed by atoms with Crippen molar-refractivity contribution in [1.82, 2.24) is 4.98 Å². The van der Waals surface area contributed by atoms with Crippen LogP contribution in [0.1, 0.15) is 25.5 Å². The predicted molar refractivity (Wildman–Crippen MR) is 62.6 cm³/mol. The van der Waals surface area contributed by atoms with Crippen molar-refractivity contribution in [3.8, 4) is 0 Å². The van der Waals surface area contributed by atoms with E-state index in [2.05, 4.69) is 33.9 Å². The number of nitrogens with zero attached hydrogens (tertiary/aromatic N) is 1. The Balaban J connectivity index is 2.08. The molecule has 0 N–H and O–H groups in total. The summed E-state index contributed by atoms with van der Waals surface area (Å²) in [5.74, 6) is 0. The first-order valence-electron chi connectivity index (χ1n) is 4.87. The average molecular weight is 275 g/mol. The van der Waals surface area contributed by atoms with Crippen molar-refractivity contribution < 1.29 is 0 Å². The van der Waals surface area contributed by atoms with Gasteiger partial charge in [0.1, 0.15) is 0 Å². The van der Waals surface area contributed by atoms with Crippen LogP contribution in [-0.4, -0.2) is 10.4 Å². The second kappa shape index (κ2) is 3.82. The van der Waals surface area contributed by atoms with Crippen molar-refractivity contribution in [1.29, 1.82) is 0 Å². The molecule has 1 aromatic rings. The van der Waals surface area contributed by atoms with E-state index in [9.17, 15) is 0 Å². The smallest absolute Gasteiger partial charge is 0.0413 e. The summed E-state index contributed by atoms with van der Waals surface area (Å²) >= 11 is 9.56. The topological polar surface area (TPSA) is 12.9 Å². The number of aromatic nitrogens is 1. The van der Waals surface area contributed by atoms with E-state index in [0.717, 1.165) is 16.6 Å². The van der Waals surface area contributed by atoms with Crippen molar-refractivity contribution in [3.63, 3.8) is 0 Å². The summed E-state index contributed by atoms with van der Waals surface area (Å²) < 4.78 is 1.03. The van der Waals surface area contributed by atoms with Gasteiger partial charge < -0.3 is 0 Å². The quantitative estimate of drug-likeness (QED) is 0.764. The second-order valence-corrected chi connectivity index (χ2v) is 5.69. The highest BCUT2D eigenvalue weighted by Crippen LogP contribution is 2.52. The molecule has 0 bridgehead atoms. The first kappa shape index (κ1) is 10.4. The van der Waals surface area contributed by atoms with Gasteiger partial charge in [0, 0.05) is 21.7 Å². The van der Waals surface area contributed by atoms with Crippen LogP contribution >= 0.6 is 27.5 Å². The summed E-state index contributed by atoms with van der Waals surface area (Å²) in [6, 6.07) is 4.11. The summed E-state index contributed by atoms with van der Waals surface area (Å²) in [6.07, 6.45) is 5.36. The maximum Gasteiger partial charge on any atom is 0.0413 e. The summed E-state index contributed by atoms with van der Waals surface area (Å²) in [5, 5.41) is 0.257. The van der Waals surface area contributed by atoms with Gasteiger partial charge in [-0.25, -0.2) is 0 Å². The van der Waals surface area contributed by atoms with Crippen LogP contribution < -0.4 is 0 Å². The Bertz CT molecular complexity index is 317. The molecule has 0 radical (unpaired) electrons. The maximum absolute atomic E-state index is 6.18. The molecule has 0 aromatic carbocycles. The molecular weight excluding hydrogens is 261 g/mol. The molecular formula is C11H13BrClN. The van der Waals surface area contributed by atoms with Gasteiger partial charge >= 0.3 is 0 Å². The highest BCUT2D eigenvalue weighted by Gasteiger charge is 2.46. The third-order valence-electron chi connectivity index (χ3n) is 3.06. The van der Waals surface area contributed by atoms with Gasteiger partial charge in [-0.05, 0) is 59.7 Å². The van der Waals surface area contributed by atoms with E-state index in [1.807, 2.05) is 12.3 Å². The lowest BCUT2D eigenvalue weighted by atomic mass is 9.96. The number of rotatable bonds is 3. The minimum absolute atomic E-state index is 0.257. The molecule has 1 aliphatic rings. The van der Waals surface area contributed by atoms with Crippen molar-refractivity contribution in [2.75, 3.05) is 0 Å². The lowest BCUT2D eigenvalue weighted by molar-refractivity contribution is 0.490. The zero-order valence-electron chi connectivity index (χ0n) is 8.13. The average Bonchev–Trinajstić information content (AvgIpc) is 2.90. The number of hydrogen-bond donors (Lipinski definition) is 0. The van der Waals surface area contributed by atoms with E-state index in [0.29, 0.717) is 5.41 Å². The number of alkyl halides is 1. The fourth-order valence-electron chi connectivity index (χ4n) is 1.75. The fraction of sp³-hybridized carbons (Fsp3) is 0.545. The largest absolute Gasteiger partial charge is 0.260 e. The SMILES string of the molecule is CC(Cl)C1(Cc2ccc(Br)cn2)CC1. The molecule has 1 aromatic heterocycles. The van der Waals surface area contributed by atoms with Crippen molar-refractivity contribution >= 4 is 27.5 Å². The standard InChI is InChI=1S/C11H13BrClN/c1-8(13)11(4-5-11)6-10-3-2-9(12)7-14-10/h2-3,7-8H,4-6H2,1H3. The molecule has 0 spiro atoms. The Morgan fingerprint density at radius 1 is 1.57 bits per heavy atom. The maximum atomic E-state index is 6.18. The molecule has 1 fully saturated rings. The number of pyridine rings is 1. The van der Waals surface area contributed by atoms with Gasteiger partial charge in [0.15, 0.2) is 0 Å². The molecule has 0 aliphatic heterocycles. The van der Waals surface area contributed by atoms with E-state index in [1.165, 1.54) is 12.8 Å². The lowest BCUT2D eigenvalue weighted by Gasteiger charge is -2.16. The zero-order valence-corrected chi connectivity index (χ0v) is 10.5. The Labute approximate surface area is 98.0 Å². The van der Waals surface area contributed by atoms with Crippen molar-refractivity contribution in [3.05, 3.63) is 28.5 Å². The van der Waals surface area contributed by atoms with Gasteiger partial charge in [0.25, 0.3) is 0 Å². The van der Waals surface area contributed by atoms with Gasteiger partial charge in [0.05, 0.1) is 0 Å². The van der Waals surface area contributed by atoms with Crippen LogP contribution in [0.2, 0.25) is 0 Å². The molecule has 1 nitrogen and oxygen atoms in total. The fourth-order valence-corrected chi connectivity index (χ4v) is 2.28. The van der Waals surface area contributed by atoms with Crippen LogP contribution in [0, 0.1) is 5.41 Å². The molecule has 14 heavy (non-hydrogen) atoms. The van der Waals surface area contributed by atoms with Crippen LogP contribution in [-0.2, 0) is 6.42 Å². The molecule has 0 amide bonds. The Kier molecular flexibility index (Phi) is 2.85. The highest BCUT2D eigenvalue weighted by molar-refractivity contribution is 9.10. The third-order valence-corrected chi connectivity index (χ3v) is 3.99. The molecule has 0 saturated heterocycles. The van der Waals surface area contributed by atoms with Gasteiger partial charge in [0.2, 0.25) is 0 Å². The molecule has 1 atom stereocenters. The highest BCUT2D eigenvalue weighted by atomic mass is 79.9. The van der Waals surface area contributed by atoms with Gasteiger partial charge in [-0.15, -0.1) is 11.6 Å². The lowest BCUT2D eigenvalue weighted by Crippen LogP contribution is -2.16. The molecule has 76 valence electrons. The van der Waals surface area contributed by atoms with Crippen LogP contribution in [0.15, 0.2) is 22.8 Å². The summed E-state index contributed by atoms with van der Waals surface area (Å²) in [5.41, 5.74) is 1.49. The molecule has 1 unspecified atom stereocenters. The Morgan fingerprint density at radius 2 is 2.29 bits per heavy atom. The van der Waals surface area contributed by atoms with Crippen LogP contribution in [0.5, 0.6) is 0 Å². The van der Waals surface area contributed by atoms with Gasteiger partial charge in [-0.3, -0.25) is 4.98 Å². The minimum Gasteiger partial charge on any atom is -0.260 e. The summed E-state index contributed by atoms with van der Waals surface area (Å²) in [7, 11) is 0. The van der Waals surface area contributed by atoms with E-state index in [4.69, 9.17) is 11.6 Å². The van der Waals surface area contributed by atoms with Crippen molar-refractivity contribution in [2.45, 2.75) is 31.6 Å².